The van der Waals surface area contributed by atoms with E-state index < -0.39 is 0 Å². The fraction of sp³-hybridized carbons (Fsp3) is 0.333. The van der Waals surface area contributed by atoms with Gasteiger partial charge in [-0.2, -0.15) is 9.97 Å². The topological polar surface area (TPSA) is 118 Å². The molecule has 1 aromatic heterocycles. The number of ether oxygens (including phenoxy) is 1. The van der Waals surface area contributed by atoms with E-state index in [-0.39, 0.29) is 18.5 Å². The lowest BCUT2D eigenvalue weighted by Crippen LogP contribution is -2.38. The Morgan fingerprint density at radius 1 is 0.929 bits per heavy atom. The Morgan fingerprint density at radius 2 is 1.74 bits per heavy atom. The molecule has 0 spiro atoms. The van der Waals surface area contributed by atoms with Gasteiger partial charge in [0.2, 0.25) is 5.95 Å². The van der Waals surface area contributed by atoms with Gasteiger partial charge in [0.15, 0.2) is 5.82 Å². The number of aliphatic hydroxyl groups excluding tert-OH is 1. The zero-order valence-corrected chi connectivity index (χ0v) is 23.5. The summed E-state index contributed by atoms with van der Waals surface area (Å²) in [4.78, 5) is 31.3. The second kappa shape index (κ2) is 11.2. The van der Waals surface area contributed by atoms with Gasteiger partial charge in [0.1, 0.15) is 5.82 Å². The lowest BCUT2D eigenvalue weighted by atomic mass is 9.94. The highest BCUT2D eigenvalue weighted by Crippen LogP contribution is 2.41. The molecular weight excluding hydrogens is 528 g/mol. The molecule has 9 nitrogen and oxygen atoms in total. The maximum absolute atomic E-state index is 13.6. The smallest absolute Gasteiger partial charge is 0.258 e. The minimum Gasteiger partial charge on any atom is -0.392 e. The summed E-state index contributed by atoms with van der Waals surface area (Å²) in [6.45, 7) is 3.53. The second-order valence-corrected chi connectivity index (χ2v) is 11.2. The standard InChI is InChI=1S/C33H34N6O3/c34-33-36-30(18-21-4-9-25(10-5-21)38-14-16-42-17-15-38)35-31(37-33)27-2-1-3-29(28(27)20-40)39-13-12-24-19-23(22-6-7-22)8-11-26(24)32(39)41/h1-5,8-11,19,22,40H,6-7,12-18,20H2,(H2,34,35,36,37). The van der Waals surface area contributed by atoms with Crippen LogP contribution in [0.5, 0.6) is 0 Å². The van der Waals surface area contributed by atoms with Crippen LogP contribution in [0.1, 0.15) is 57.2 Å². The molecule has 42 heavy (non-hydrogen) atoms. The van der Waals surface area contributed by atoms with E-state index in [4.69, 9.17) is 15.5 Å². The van der Waals surface area contributed by atoms with Gasteiger partial charge < -0.3 is 25.4 Å². The molecule has 1 amide bonds. The Hall–Kier alpha value is -4.34. The molecule has 1 aliphatic carbocycles. The van der Waals surface area contributed by atoms with Crippen LogP contribution in [0.15, 0.2) is 60.7 Å². The van der Waals surface area contributed by atoms with Gasteiger partial charge in [-0.15, -0.1) is 0 Å². The minimum absolute atomic E-state index is 0.0539. The van der Waals surface area contributed by atoms with Gasteiger partial charge in [-0.25, -0.2) is 4.98 Å². The van der Waals surface area contributed by atoms with E-state index in [1.165, 1.54) is 24.1 Å². The highest BCUT2D eigenvalue weighted by atomic mass is 16.5. The van der Waals surface area contributed by atoms with E-state index in [9.17, 15) is 9.90 Å². The normalized spacial score (nSPS) is 16.9. The number of nitrogen functional groups attached to an aromatic ring is 1. The zero-order chi connectivity index (χ0) is 28.6. The van der Waals surface area contributed by atoms with E-state index in [1.54, 1.807) is 4.90 Å². The first-order valence-electron chi connectivity index (χ1n) is 14.7. The number of hydrogen-bond donors (Lipinski definition) is 2. The van der Waals surface area contributed by atoms with Crippen LogP contribution in [0.3, 0.4) is 0 Å². The number of aliphatic hydroxyl groups is 1. The summed E-state index contributed by atoms with van der Waals surface area (Å²) < 4.78 is 5.46. The maximum atomic E-state index is 13.6. The first-order valence-corrected chi connectivity index (χ1v) is 14.7. The number of rotatable bonds is 7. The number of anilines is 3. The summed E-state index contributed by atoms with van der Waals surface area (Å²) in [5.74, 6) is 1.63. The molecular formula is C33H34N6O3. The van der Waals surface area contributed by atoms with Crippen molar-refractivity contribution in [1.82, 2.24) is 15.0 Å². The largest absolute Gasteiger partial charge is 0.392 e. The summed E-state index contributed by atoms with van der Waals surface area (Å²) >= 11 is 0. The van der Waals surface area contributed by atoms with E-state index in [1.807, 2.05) is 24.3 Å². The molecule has 3 aromatic carbocycles. The van der Waals surface area contributed by atoms with Crippen molar-refractivity contribution < 1.29 is 14.6 Å². The Balaban J connectivity index is 1.15. The quantitative estimate of drug-likeness (QED) is 0.346. The van der Waals surface area contributed by atoms with Gasteiger partial charge >= 0.3 is 0 Å². The average molecular weight is 563 g/mol. The summed E-state index contributed by atoms with van der Waals surface area (Å²) in [5.41, 5.74) is 13.4. The van der Waals surface area contributed by atoms with Crippen molar-refractivity contribution in [3.63, 3.8) is 0 Å². The van der Waals surface area contributed by atoms with Gasteiger partial charge in [-0.05, 0) is 66.1 Å². The number of carbonyl (C=O) groups excluding carboxylic acids is 1. The Kier molecular flexibility index (Phi) is 7.05. The number of nitrogens with two attached hydrogens (primary N) is 1. The molecule has 4 aromatic rings. The molecule has 0 unspecified atom stereocenters. The van der Waals surface area contributed by atoms with Crippen LogP contribution in [0.4, 0.5) is 17.3 Å². The van der Waals surface area contributed by atoms with Gasteiger partial charge in [-0.1, -0.05) is 36.4 Å². The monoisotopic (exact) mass is 562 g/mol. The van der Waals surface area contributed by atoms with Crippen molar-refractivity contribution in [2.45, 2.75) is 38.2 Å². The first-order chi connectivity index (χ1) is 20.6. The molecule has 7 rings (SSSR count). The lowest BCUT2D eigenvalue weighted by molar-refractivity contribution is 0.0980. The molecule has 2 fully saturated rings. The van der Waals surface area contributed by atoms with Gasteiger partial charge in [-0.3, -0.25) is 4.79 Å². The fourth-order valence-electron chi connectivity index (χ4n) is 6.08. The van der Waals surface area contributed by atoms with Crippen LogP contribution in [0.25, 0.3) is 11.4 Å². The molecule has 0 bridgehead atoms. The Morgan fingerprint density at radius 3 is 2.50 bits per heavy atom. The number of amides is 1. The van der Waals surface area contributed by atoms with Crippen molar-refractivity contribution >= 4 is 23.2 Å². The molecule has 9 heteroatoms. The molecule has 1 saturated heterocycles. The molecule has 2 aliphatic heterocycles. The van der Waals surface area contributed by atoms with Crippen LogP contribution in [0.2, 0.25) is 0 Å². The third kappa shape index (κ3) is 5.21. The molecule has 0 radical (unpaired) electrons. The third-order valence-electron chi connectivity index (χ3n) is 8.47. The number of fused-ring (bicyclic) bond motifs is 1. The van der Waals surface area contributed by atoms with E-state index in [0.29, 0.717) is 47.3 Å². The van der Waals surface area contributed by atoms with Crippen molar-refractivity contribution in [2.24, 2.45) is 0 Å². The van der Waals surface area contributed by atoms with Gasteiger partial charge in [0.05, 0.1) is 25.5 Å². The number of benzene rings is 3. The van der Waals surface area contributed by atoms with E-state index in [0.717, 1.165) is 49.4 Å². The van der Waals surface area contributed by atoms with Gasteiger partial charge in [0.25, 0.3) is 5.91 Å². The average Bonchev–Trinajstić information content (AvgIpc) is 3.87. The predicted molar refractivity (Wildman–Crippen MR) is 162 cm³/mol. The van der Waals surface area contributed by atoms with Crippen molar-refractivity contribution in [2.75, 3.05) is 48.4 Å². The number of carbonyl (C=O) groups is 1. The Bertz CT molecular complexity index is 1630. The van der Waals surface area contributed by atoms with E-state index in [2.05, 4.69) is 51.3 Å². The van der Waals surface area contributed by atoms with Crippen molar-refractivity contribution in [1.29, 1.82) is 0 Å². The maximum Gasteiger partial charge on any atom is 0.258 e. The van der Waals surface area contributed by atoms with Gasteiger partial charge in [0, 0.05) is 48.4 Å². The number of aromatic nitrogens is 3. The minimum atomic E-state index is -0.271. The molecule has 3 N–H and O–H groups in total. The number of nitrogens with zero attached hydrogens (tertiary/aromatic N) is 5. The van der Waals surface area contributed by atoms with Crippen LogP contribution in [-0.4, -0.2) is 58.8 Å². The first kappa shape index (κ1) is 26.6. The Labute approximate surface area is 245 Å². The summed E-state index contributed by atoms with van der Waals surface area (Å²) in [6.07, 6.45) is 3.72. The highest BCUT2D eigenvalue weighted by molar-refractivity contribution is 6.09. The fourth-order valence-corrected chi connectivity index (χ4v) is 6.08. The number of hydrogen-bond acceptors (Lipinski definition) is 8. The predicted octanol–water partition coefficient (Wildman–Crippen LogP) is 4.12. The molecule has 1 saturated carbocycles. The number of morpholine rings is 1. The lowest BCUT2D eigenvalue weighted by Gasteiger charge is -2.31. The van der Waals surface area contributed by atoms with Crippen molar-refractivity contribution in [3.05, 3.63) is 94.3 Å². The molecule has 3 heterocycles. The van der Waals surface area contributed by atoms with Crippen LogP contribution in [0, 0.1) is 0 Å². The van der Waals surface area contributed by atoms with Crippen molar-refractivity contribution in [3.8, 4) is 11.4 Å². The zero-order valence-electron chi connectivity index (χ0n) is 23.5. The highest BCUT2D eigenvalue weighted by Gasteiger charge is 2.30. The molecule has 0 atom stereocenters. The SMILES string of the molecule is Nc1nc(Cc2ccc(N3CCOCC3)cc2)nc(-c2cccc(N3CCc4cc(C5CC5)ccc4C3=O)c2CO)n1. The summed E-state index contributed by atoms with van der Waals surface area (Å²) in [7, 11) is 0. The van der Waals surface area contributed by atoms with E-state index >= 15 is 0 Å². The summed E-state index contributed by atoms with van der Waals surface area (Å²) in [6, 6.07) is 20.2. The second-order valence-electron chi connectivity index (χ2n) is 11.2. The molecule has 214 valence electrons. The third-order valence-corrected chi connectivity index (χ3v) is 8.47. The van der Waals surface area contributed by atoms with Crippen LogP contribution < -0.4 is 15.5 Å². The van der Waals surface area contributed by atoms with Crippen LogP contribution in [-0.2, 0) is 24.2 Å². The summed E-state index contributed by atoms with van der Waals surface area (Å²) in [5, 5.41) is 10.5. The van der Waals surface area contributed by atoms with Crippen LogP contribution >= 0.6 is 0 Å². The molecule has 3 aliphatic rings.